The van der Waals surface area contributed by atoms with E-state index < -0.39 is 0 Å². The van der Waals surface area contributed by atoms with Crippen molar-refractivity contribution in [1.82, 2.24) is 15.2 Å². The van der Waals surface area contributed by atoms with Gasteiger partial charge < -0.3 is 0 Å². The summed E-state index contributed by atoms with van der Waals surface area (Å²) in [6.45, 7) is 5.45. The van der Waals surface area contributed by atoms with Gasteiger partial charge in [-0.05, 0) is 18.7 Å². The predicted octanol–water partition coefficient (Wildman–Crippen LogP) is 1.01. The molecule has 3 heteroatoms. The molecule has 0 spiro atoms. The molecular formula is C10H15N3. The van der Waals surface area contributed by atoms with Crippen LogP contribution in [0.15, 0.2) is 24.4 Å². The number of aromatic nitrogens is 1. The Balaban J connectivity index is 2.16. The Hall–Kier alpha value is -0.930. The zero-order valence-electron chi connectivity index (χ0n) is 7.90. The summed E-state index contributed by atoms with van der Waals surface area (Å²) in [6, 6.07) is 6.07. The first-order valence-corrected chi connectivity index (χ1v) is 4.80. The van der Waals surface area contributed by atoms with Crippen LogP contribution in [0.2, 0.25) is 0 Å². The van der Waals surface area contributed by atoms with Crippen molar-refractivity contribution in [2.24, 2.45) is 0 Å². The minimum Gasteiger partial charge on any atom is -0.295 e. The Morgan fingerprint density at radius 1 is 1.62 bits per heavy atom. The molecule has 0 radical (unpaired) electrons. The third-order valence-electron chi connectivity index (χ3n) is 2.48. The van der Waals surface area contributed by atoms with Gasteiger partial charge in [-0.2, -0.15) is 0 Å². The number of hydrogen-bond acceptors (Lipinski definition) is 3. The highest BCUT2D eigenvalue weighted by atomic mass is 15.3. The Kier molecular flexibility index (Phi) is 2.57. The van der Waals surface area contributed by atoms with Crippen molar-refractivity contribution in [2.45, 2.75) is 13.1 Å². The van der Waals surface area contributed by atoms with Crippen LogP contribution in [0.3, 0.4) is 0 Å². The van der Waals surface area contributed by atoms with Gasteiger partial charge in [-0.1, -0.05) is 13.0 Å². The van der Waals surface area contributed by atoms with Gasteiger partial charge in [0.2, 0.25) is 0 Å². The van der Waals surface area contributed by atoms with E-state index in [0.717, 1.165) is 25.3 Å². The zero-order valence-corrected chi connectivity index (χ0v) is 7.90. The number of likely N-dealkylation sites (N-methyl/N-ethyl adjacent to an activating group) is 1. The van der Waals surface area contributed by atoms with Gasteiger partial charge in [0.15, 0.2) is 0 Å². The first-order valence-electron chi connectivity index (χ1n) is 4.80. The smallest absolute Gasteiger partial charge is 0.104 e. The van der Waals surface area contributed by atoms with E-state index in [9.17, 15) is 0 Å². The molecule has 70 valence electrons. The summed E-state index contributed by atoms with van der Waals surface area (Å²) in [7, 11) is 0. The normalized spacial score (nSPS) is 23.6. The summed E-state index contributed by atoms with van der Waals surface area (Å²) in [5, 5.41) is 3.44. The Bertz CT molecular complexity index is 260. The lowest BCUT2D eigenvalue weighted by molar-refractivity contribution is 0.253. The molecule has 1 aliphatic rings. The fraction of sp³-hybridized carbons (Fsp3) is 0.500. The highest BCUT2D eigenvalue weighted by Gasteiger charge is 2.24. The number of rotatable bonds is 2. The van der Waals surface area contributed by atoms with Gasteiger partial charge in [-0.25, -0.2) is 0 Å². The third-order valence-corrected chi connectivity index (χ3v) is 2.48. The summed E-state index contributed by atoms with van der Waals surface area (Å²) in [5.74, 6) is 0. The maximum Gasteiger partial charge on any atom is 0.104 e. The molecule has 1 saturated heterocycles. The number of nitrogens with one attached hydrogen (secondary N) is 1. The Morgan fingerprint density at radius 2 is 2.54 bits per heavy atom. The molecule has 1 N–H and O–H groups in total. The van der Waals surface area contributed by atoms with Crippen LogP contribution in [0.25, 0.3) is 0 Å². The minimum atomic E-state index is 0.325. The van der Waals surface area contributed by atoms with Crippen LogP contribution in [0.4, 0.5) is 0 Å². The first-order chi connectivity index (χ1) is 6.42. The summed E-state index contributed by atoms with van der Waals surface area (Å²) in [6.07, 6.45) is 2.18. The van der Waals surface area contributed by atoms with Crippen molar-refractivity contribution in [2.75, 3.05) is 19.6 Å². The second-order valence-electron chi connectivity index (χ2n) is 3.24. The van der Waals surface area contributed by atoms with E-state index in [1.165, 1.54) is 0 Å². The van der Waals surface area contributed by atoms with E-state index in [1.54, 1.807) is 0 Å². The molecule has 2 rings (SSSR count). The van der Waals surface area contributed by atoms with Crippen LogP contribution in [0.1, 0.15) is 18.8 Å². The standard InChI is InChI=1S/C10H15N3/c1-2-13-8-7-12-10(13)9-5-3-4-6-11-9/h3-6,10,12H,2,7-8H2,1H3. The molecule has 3 nitrogen and oxygen atoms in total. The van der Waals surface area contributed by atoms with E-state index >= 15 is 0 Å². The van der Waals surface area contributed by atoms with E-state index in [2.05, 4.69) is 28.2 Å². The lowest BCUT2D eigenvalue weighted by Crippen LogP contribution is -2.27. The molecule has 0 amide bonds. The maximum absolute atomic E-state index is 4.35. The fourth-order valence-electron chi connectivity index (χ4n) is 1.77. The van der Waals surface area contributed by atoms with Crippen LogP contribution >= 0.6 is 0 Å². The van der Waals surface area contributed by atoms with E-state index in [4.69, 9.17) is 0 Å². The van der Waals surface area contributed by atoms with Crippen LogP contribution in [-0.4, -0.2) is 29.5 Å². The fourth-order valence-corrected chi connectivity index (χ4v) is 1.77. The molecule has 1 aromatic heterocycles. The predicted molar refractivity (Wildman–Crippen MR) is 52.2 cm³/mol. The average molecular weight is 177 g/mol. The number of nitrogens with zero attached hydrogens (tertiary/aromatic N) is 2. The molecule has 0 bridgehead atoms. The maximum atomic E-state index is 4.35. The van der Waals surface area contributed by atoms with Gasteiger partial charge in [-0.3, -0.25) is 15.2 Å². The molecule has 1 aromatic rings. The zero-order chi connectivity index (χ0) is 9.10. The van der Waals surface area contributed by atoms with Crippen LogP contribution in [-0.2, 0) is 0 Å². The van der Waals surface area contributed by atoms with Gasteiger partial charge in [-0.15, -0.1) is 0 Å². The third kappa shape index (κ3) is 1.71. The van der Waals surface area contributed by atoms with E-state index in [0.29, 0.717) is 6.17 Å². The highest BCUT2D eigenvalue weighted by Crippen LogP contribution is 2.18. The Labute approximate surface area is 78.8 Å². The summed E-state index contributed by atoms with van der Waals surface area (Å²) < 4.78 is 0. The second kappa shape index (κ2) is 3.85. The highest BCUT2D eigenvalue weighted by molar-refractivity contribution is 5.09. The molecule has 2 heterocycles. The molecule has 0 saturated carbocycles. The molecule has 1 unspecified atom stereocenters. The summed E-state index contributed by atoms with van der Waals surface area (Å²) in [5.41, 5.74) is 1.13. The van der Waals surface area contributed by atoms with Crippen molar-refractivity contribution < 1.29 is 0 Å². The lowest BCUT2D eigenvalue weighted by Gasteiger charge is -2.21. The monoisotopic (exact) mass is 177 g/mol. The van der Waals surface area contributed by atoms with Gasteiger partial charge >= 0.3 is 0 Å². The van der Waals surface area contributed by atoms with Crippen molar-refractivity contribution in [1.29, 1.82) is 0 Å². The van der Waals surface area contributed by atoms with Crippen LogP contribution < -0.4 is 5.32 Å². The quantitative estimate of drug-likeness (QED) is 0.730. The molecule has 13 heavy (non-hydrogen) atoms. The summed E-state index contributed by atoms with van der Waals surface area (Å²) in [4.78, 5) is 6.75. The average Bonchev–Trinajstić information content (AvgIpc) is 2.67. The second-order valence-corrected chi connectivity index (χ2v) is 3.24. The molecule has 1 fully saturated rings. The molecule has 0 aliphatic carbocycles. The minimum absolute atomic E-state index is 0.325. The topological polar surface area (TPSA) is 28.2 Å². The van der Waals surface area contributed by atoms with Gasteiger partial charge in [0.1, 0.15) is 6.17 Å². The van der Waals surface area contributed by atoms with Crippen molar-refractivity contribution in [3.8, 4) is 0 Å². The molecule has 1 atom stereocenters. The van der Waals surface area contributed by atoms with E-state index in [-0.39, 0.29) is 0 Å². The van der Waals surface area contributed by atoms with Crippen molar-refractivity contribution in [3.05, 3.63) is 30.1 Å². The molecule has 0 aromatic carbocycles. The largest absolute Gasteiger partial charge is 0.295 e. The van der Waals surface area contributed by atoms with E-state index in [1.807, 2.05) is 18.3 Å². The number of pyridine rings is 1. The Morgan fingerprint density at radius 3 is 3.23 bits per heavy atom. The molecule has 1 aliphatic heterocycles. The van der Waals surface area contributed by atoms with Gasteiger partial charge in [0.25, 0.3) is 0 Å². The lowest BCUT2D eigenvalue weighted by atomic mass is 10.3. The van der Waals surface area contributed by atoms with Crippen molar-refractivity contribution >= 4 is 0 Å². The molecular weight excluding hydrogens is 162 g/mol. The van der Waals surface area contributed by atoms with Crippen LogP contribution in [0, 0.1) is 0 Å². The van der Waals surface area contributed by atoms with Gasteiger partial charge in [0.05, 0.1) is 5.69 Å². The SMILES string of the molecule is CCN1CCNC1c1ccccn1. The van der Waals surface area contributed by atoms with Crippen molar-refractivity contribution in [3.63, 3.8) is 0 Å². The first kappa shape index (κ1) is 8.66. The summed E-state index contributed by atoms with van der Waals surface area (Å²) >= 11 is 0. The van der Waals surface area contributed by atoms with Gasteiger partial charge in [0, 0.05) is 19.3 Å². The van der Waals surface area contributed by atoms with Crippen LogP contribution in [0.5, 0.6) is 0 Å². The number of hydrogen-bond donors (Lipinski definition) is 1.